The number of nitrogens with two attached hydrogens (primary N) is 1. The fraction of sp³-hybridized carbons (Fsp3) is 0.455. The second kappa shape index (κ2) is 3.75. The number of H-pyrrole nitrogens is 1. The van der Waals surface area contributed by atoms with E-state index in [1.54, 1.807) is 0 Å². The van der Waals surface area contributed by atoms with Gasteiger partial charge in [0.25, 0.3) is 0 Å². The van der Waals surface area contributed by atoms with Gasteiger partial charge in [-0.2, -0.15) is 5.10 Å². The standard InChI is InChI=1S/C11H15N5/c12-9-2-1-3-10-8(9)4-5-16(10)6-11-13-7-14-15-11/h4-5,7,9H,1-3,6,12H2,(H,13,14,15). The smallest absolute Gasteiger partial charge is 0.144 e. The lowest BCUT2D eigenvalue weighted by atomic mass is 9.94. The number of fused-ring (bicyclic) bond motifs is 1. The number of hydrogen-bond acceptors (Lipinski definition) is 3. The molecule has 2 aromatic heterocycles. The molecular weight excluding hydrogens is 202 g/mol. The highest BCUT2D eigenvalue weighted by atomic mass is 15.2. The average Bonchev–Trinajstić information content (AvgIpc) is 2.90. The molecule has 0 fully saturated rings. The van der Waals surface area contributed by atoms with Crippen LogP contribution in [0.25, 0.3) is 0 Å². The second-order valence-electron chi connectivity index (χ2n) is 4.28. The first kappa shape index (κ1) is 9.59. The Labute approximate surface area is 93.7 Å². The van der Waals surface area contributed by atoms with Gasteiger partial charge in [0.2, 0.25) is 0 Å². The van der Waals surface area contributed by atoms with Gasteiger partial charge in [0.1, 0.15) is 12.2 Å². The van der Waals surface area contributed by atoms with E-state index in [1.165, 1.54) is 24.0 Å². The Bertz CT molecular complexity index is 471. The Hall–Kier alpha value is -1.62. The molecule has 84 valence electrons. The quantitative estimate of drug-likeness (QED) is 0.788. The van der Waals surface area contributed by atoms with E-state index in [0.717, 1.165) is 25.2 Å². The van der Waals surface area contributed by atoms with Crippen molar-refractivity contribution in [2.75, 3.05) is 0 Å². The number of aromatic nitrogens is 4. The zero-order valence-electron chi connectivity index (χ0n) is 9.06. The highest BCUT2D eigenvalue weighted by Crippen LogP contribution is 2.28. The SMILES string of the molecule is NC1CCCc2c1ccn2Cc1ncn[nH]1. The summed E-state index contributed by atoms with van der Waals surface area (Å²) < 4.78 is 2.22. The normalized spacial score (nSPS) is 19.7. The molecule has 0 saturated heterocycles. The maximum Gasteiger partial charge on any atom is 0.144 e. The van der Waals surface area contributed by atoms with E-state index in [0.29, 0.717) is 0 Å². The van der Waals surface area contributed by atoms with Crippen molar-refractivity contribution in [3.63, 3.8) is 0 Å². The lowest BCUT2D eigenvalue weighted by Crippen LogP contribution is -2.18. The number of hydrogen-bond donors (Lipinski definition) is 2. The molecule has 0 amide bonds. The van der Waals surface area contributed by atoms with Gasteiger partial charge >= 0.3 is 0 Å². The van der Waals surface area contributed by atoms with Crippen molar-refractivity contribution < 1.29 is 0 Å². The molecule has 1 atom stereocenters. The van der Waals surface area contributed by atoms with Crippen molar-refractivity contribution in [2.24, 2.45) is 5.73 Å². The third-order valence-corrected chi connectivity index (χ3v) is 3.23. The lowest BCUT2D eigenvalue weighted by Gasteiger charge is -2.20. The molecule has 5 heteroatoms. The molecule has 0 saturated carbocycles. The largest absolute Gasteiger partial charge is 0.344 e. The van der Waals surface area contributed by atoms with Gasteiger partial charge in [-0.05, 0) is 30.9 Å². The third-order valence-electron chi connectivity index (χ3n) is 3.23. The molecule has 0 aliphatic heterocycles. The van der Waals surface area contributed by atoms with E-state index in [1.807, 2.05) is 0 Å². The van der Waals surface area contributed by atoms with Crippen LogP contribution in [0.15, 0.2) is 18.6 Å². The van der Waals surface area contributed by atoms with Gasteiger partial charge in [-0.25, -0.2) is 4.98 Å². The summed E-state index contributed by atoms with van der Waals surface area (Å²) in [5.74, 6) is 0.887. The van der Waals surface area contributed by atoms with Crippen LogP contribution < -0.4 is 5.73 Å². The lowest BCUT2D eigenvalue weighted by molar-refractivity contribution is 0.545. The Kier molecular flexibility index (Phi) is 2.25. The summed E-state index contributed by atoms with van der Waals surface area (Å²) in [6.45, 7) is 0.752. The van der Waals surface area contributed by atoms with Crippen molar-refractivity contribution in [3.8, 4) is 0 Å². The van der Waals surface area contributed by atoms with Crippen molar-refractivity contribution in [1.82, 2.24) is 19.7 Å². The van der Waals surface area contributed by atoms with E-state index in [2.05, 4.69) is 32.0 Å². The monoisotopic (exact) mass is 217 g/mol. The molecule has 0 spiro atoms. The Balaban J connectivity index is 1.91. The fourth-order valence-corrected chi connectivity index (χ4v) is 2.41. The second-order valence-corrected chi connectivity index (χ2v) is 4.28. The summed E-state index contributed by atoms with van der Waals surface area (Å²) in [7, 11) is 0. The van der Waals surface area contributed by atoms with E-state index in [4.69, 9.17) is 5.73 Å². The fourth-order valence-electron chi connectivity index (χ4n) is 2.41. The third kappa shape index (κ3) is 1.53. The van der Waals surface area contributed by atoms with Crippen molar-refractivity contribution in [2.45, 2.75) is 31.8 Å². The first-order valence-electron chi connectivity index (χ1n) is 5.62. The number of rotatable bonds is 2. The van der Waals surface area contributed by atoms with Crippen LogP contribution in [0.3, 0.4) is 0 Å². The van der Waals surface area contributed by atoms with Crippen molar-refractivity contribution in [3.05, 3.63) is 35.7 Å². The molecule has 0 bridgehead atoms. The van der Waals surface area contributed by atoms with Crippen molar-refractivity contribution >= 4 is 0 Å². The molecule has 1 aliphatic rings. The summed E-state index contributed by atoms with van der Waals surface area (Å²) in [5, 5.41) is 6.74. The minimum absolute atomic E-state index is 0.208. The molecule has 2 heterocycles. The van der Waals surface area contributed by atoms with Crippen LogP contribution in [-0.2, 0) is 13.0 Å². The van der Waals surface area contributed by atoms with Crippen LogP contribution in [-0.4, -0.2) is 19.7 Å². The van der Waals surface area contributed by atoms with Gasteiger partial charge in [-0.15, -0.1) is 0 Å². The molecule has 1 unspecified atom stereocenters. The zero-order valence-corrected chi connectivity index (χ0v) is 9.06. The topological polar surface area (TPSA) is 72.5 Å². The summed E-state index contributed by atoms with van der Waals surface area (Å²) >= 11 is 0. The number of aromatic amines is 1. The minimum Gasteiger partial charge on any atom is -0.344 e. The summed E-state index contributed by atoms with van der Waals surface area (Å²) in [5.41, 5.74) is 8.74. The molecular formula is C11H15N5. The van der Waals surface area contributed by atoms with E-state index in [-0.39, 0.29) is 6.04 Å². The Morgan fingerprint density at radius 3 is 3.31 bits per heavy atom. The van der Waals surface area contributed by atoms with Gasteiger partial charge in [0.05, 0.1) is 6.54 Å². The Morgan fingerprint density at radius 2 is 2.50 bits per heavy atom. The van der Waals surface area contributed by atoms with Crippen molar-refractivity contribution in [1.29, 1.82) is 0 Å². The molecule has 5 nitrogen and oxygen atoms in total. The number of nitrogens with zero attached hydrogens (tertiary/aromatic N) is 3. The molecule has 0 radical (unpaired) electrons. The Morgan fingerprint density at radius 1 is 1.56 bits per heavy atom. The van der Waals surface area contributed by atoms with Crippen LogP contribution in [0.1, 0.15) is 36.0 Å². The van der Waals surface area contributed by atoms with E-state index in [9.17, 15) is 0 Å². The van der Waals surface area contributed by atoms with Gasteiger partial charge in [-0.3, -0.25) is 5.10 Å². The molecule has 3 N–H and O–H groups in total. The molecule has 0 aromatic carbocycles. The maximum atomic E-state index is 6.08. The average molecular weight is 217 g/mol. The van der Waals surface area contributed by atoms with Gasteiger partial charge in [0.15, 0.2) is 0 Å². The van der Waals surface area contributed by atoms with Gasteiger partial charge in [-0.1, -0.05) is 0 Å². The highest BCUT2D eigenvalue weighted by molar-refractivity contribution is 5.28. The predicted octanol–water partition coefficient (Wildman–Crippen LogP) is 0.991. The molecule has 16 heavy (non-hydrogen) atoms. The first-order valence-corrected chi connectivity index (χ1v) is 5.62. The van der Waals surface area contributed by atoms with Gasteiger partial charge < -0.3 is 10.3 Å². The highest BCUT2D eigenvalue weighted by Gasteiger charge is 2.20. The maximum absolute atomic E-state index is 6.08. The molecule has 3 rings (SSSR count). The molecule has 1 aliphatic carbocycles. The minimum atomic E-state index is 0.208. The predicted molar refractivity (Wildman–Crippen MR) is 59.8 cm³/mol. The first-order chi connectivity index (χ1) is 7.84. The van der Waals surface area contributed by atoms with Crippen LogP contribution in [0.2, 0.25) is 0 Å². The van der Waals surface area contributed by atoms with Crippen LogP contribution in [0.4, 0.5) is 0 Å². The summed E-state index contributed by atoms with van der Waals surface area (Å²) in [4.78, 5) is 4.14. The molecule has 2 aromatic rings. The van der Waals surface area contributed by atoms with E-state index < -0.39 is 0 Å². The van der Waals surface area contributed by atoms with Crippen LogP contribution in [0.5, 0.6) is 0 Å². The zero-order chi connectivity index (χ0) is 11.0. The van der Waals surface area contributed by atoms with E-state index >= 15 is 0 Å². The van der Waals surface area contributed by atoms with Crippen LogP contribution >= 0.6 is 0 Å². The number of nitrogens with one attached hydrogen (secondary N) is 1. The summed E-state index contributed by atoms with van der Waals surface area (Å²) in [6, 6.07) is 2.34. The summed E-state index contributed by atoms with van der Waals surface area (Å²) in [6.07, 6.45) is 7.02. The van der Waals surface area contributed by atoms with Gasteiger partial charge in [0, 0.05) is 17.9 Å². The van der Waals surface area contributed by atoms with Crippen LogP contribution in [0, 0.1) is 0 Å².